The van der Waals surface area contributed by atoms with Crippen LogP contribution in [0.25, 0.3) is 5.76 Å². The molecule has 1 saturated heterocycles. The monoisotopic (exact) mass is 433 g/mol. The minimum Gasteiger partial charge on any atom is -0.507 e. The van der Waals surface area contributed by atoms with Crippen LogP contribution in [0.3, 0.4) is 0 Å². The molecule has 1 amide bonds. The highest BCUT2D eigenvalue weighted by Crippen LogP contribution is 2.43. The molecule has 0 spiro atoms. The molecule has 6 heteroatoms. The third-order valence-electron chi connectivity index (χ3n) is 5.40. The van der Waals surface area contributed by atoms with Gasteiger partial charge in [0.1, 0.15) is 11.5 Å². The summed E-state index contributed by atoms with van der Waals surface area (Å²) in [5, 5.41) is 21.0. The van der Waals surface area contributed by atoms with Gasteiger partial charge in [0.05, 0.1) is 16.6 Å². The van der Waals surface area contributed by atoms with Gasteiger partial charge in [-0.05, 0) is 41.8 Å². The van der Waals surface area contributed by atoms with Crippen LogP contribution in [0.4, 0.5) is 5.69 Å². The molecule has 3 aromatic rings. The summed E-state index contributed by atoms with van der Waals surface area (Å²) in [6, 6.07) is 19.6. The van der Waals surface area contributed by atoms with Gasteiger partial charge >= 0.3 is 0 Å². The number of hydrogen-bond acceptors (Lipinski definition) is 4. The van der Waals surface area contributed by atoms with Gasteiger partial charge in [-0.2, -0.15) is 0 Å². The number of benzene rings is 3. The van der Waals surface area contributed by atoms with E-state index >= 15 is 0 Å². The zero-order valence-electron chi connectivity index (χ0n) is 16.7. The number of nitrogens with zero attached hydrogens (tertiary/aromatic N) is 1. The molecule has 156 valence electrons. The van der Waals surface area contributed by atoms with Gasteiger partial charge in [-0.3, -0.25) is 14.5 Å². The maximum absolute atomic E-state index is 13.1. The second-order valence-corrected chi connectivity index (χ2v) is 7.67. The molecular formula is C25H20ClNO4. The van der Waals surface area contributed by atoms with Crippen LogP contribution in [0.15, 0.2) is 78.4 Å². The Bertz CT molecular complexity index is 1190. The SMILES string of the molecule is CCc1ccc(/C(O)=C2/C(=O)C(=O)N(c3ccccc3)C2c2ccc(O)c(Cl)c2)cc1. The van der Waals surface area contributed by atoms with Gasteiger partial charge in [0.25, 0.3) is 11.7 Å². The third kappa shape index (κ3) is 3.68. The fourth-order valence-electron chi connectivity index (χ4n) is 3.75. The Hall–Kier alpha value is -3.57. The molecule has 1 aliphatic rings. The standard InChI is InChI=1S/C25H20ClNO4/c1-2-15-8-10-16(11-9-15)23(29)21-22(17-12-13-20(28)19(26)14-17)27(25(31)24(21)30)18-6-4-3-5-7-18/h3-14,22,28-29H,2H2,1H3/b23-21-. The van der Waals surface area contributed by atoms with Crippen LogP contribution < -0.4 is 4.90 Å². The van der Waals surface area contributed by atoms with E-state index in [1.165, 1.54) is 17.0 Å². The van der Waals surface area contributed by atoms with Gasteiger partial charge < -0.3 is 10.2 Å². The van der Waals surface area contributed by atoms with Gasteiger partial charge in [0.15, 0.2) is 0 Å². The Morgan fingerprint density at radius 1 is 1.00 bits per heavy atom. The second kappa shape index (κ2) is 8.28. The number of phenols is 1. The maximum Gasteiger partial charge on any atom is 0.300 e. The van der Waals surface area contributed by atoms with Crippen LogP contribution >= 0.6 is 11.6 Å². The van der Waals surface area contributed by atoms with Gasteiger partial charge in [-0.15, -0.1) is 0 Å². The van der Waals surface area contributed by atoms with E-state index in [1.807, 2.05) is 25.1 Å². The molecule has 1 aliphatic heterocycles. The summed E-state index contributed by atoms with van der Waals surface area (Å²) in [5.74, 6) is -1.90. The lowest BCUT2D eigenvalue weighted by atomic mass is 9.94. The second-order valence-electron chi connectivity index (χ2n) is 7.27. The first-order chi connectivity index (χ1) is 14.9. The molecule has 1 atom stereocenters. The third-order valence-corrected chi connectivity index (χ3v) is 5.70. The van der Waals surface area contributed by atoms with E-state index in [4.69, 9.17) is 11.6 Å². The van der Waals surface area contributed by atoms with Crippen molar-refractivity contribution in [1.29, 1.82) is 0 Å². The van der Waals surface area contributed by atoms with Crippen molar-refractivity contribution in [2.45, 2.75) is 19.4 Å². The van der Waals surface area contributed by atoms with Gasteiger partial charge in [-0.25, -0.2) is 0 Å². The lowest BCUT2D eigenvalue weighted by Gasteiger charge is -2.25. The molecular weight excluding hydrogens is 414 g/mol. The normalized spacial score (nSPS) is 17.9. The fourth-order valence-corrected chi connectivity index (χ4v) is 3.94. The average Bonchev–Trinajstić information content (AvgIpc) is 3.06. The highest BCUT2D eigenvalue weighted by Gasteiger charge is 2.47. The first-order valence-corrected chi connectivity index (χ1v) is 10.2. The zero-order chi connectivity index (χ0) is 22.1. The van der Waals surface area contributed by atoms with Crippen molar-refractivity contribution in [1.82, 2.24) is 0 Å². The number of aryl methyl sites for hydroxylation is 1. The van der Waals surface area contributed by atoms with Gasteiger partial charge in [-0.1, -0.05) is 67.1 Å². The molecule has 1 fully saturated rings. The lowest BCUT2D eigenvalue weighted by molar-refractivity contribution is -0.132. The van der Waals surface area contributed by atoms with Crippen molar-refractivity contribution >= 4 is 34.7 Å². The Morgan fingerprint density at radius 2 is 1.68 bits per heavy atom. The molecule has 1 heterocycles. The molecule has 4 rings (SSSR count). The predicted octanol–water partition coefficient (Wildman–Crippen LogP) is 5.23. The van der Waals surface area contributed by atoms with Crippen LogP contribution in [0, 0.1) is 0 Å². The van der Waals surface area contributed by atoms with Crippen molar-refractivity contribution in [3.05, 3.63) is 100 Å². The number of Topliss-reactive ketones (excluding diaryl/α,β-unsaturated/α-hetero) is 1. The zero-order valence-corrected chi connectivity index (χ0v) is 17.5. The van der Waals surface area contributed by atoms with Crippen molar-refractivity contribution in [3.63, 3.8) is 0 Å². The average molecular weight is 434 g/mol. The predicted molar refractivity (Wildman–Crippen MR) is 120 cm³/mol. The number of ketones is 1. The Morgan fingerprint density at radius 3 is 2.29 bits per heavy atom. The number of carbonyl (C=O) groups is 2. The smallest absolute Gasteiger partial charge is 0.300 e. The van der Waals surface area contributed by atoms with E-state index in [9.17, 15) is 19.8 Å². The maximum atomic E-state index is 13.1. The Kier molecular flexibility index (Phi) is 5.53. The van der Waals surface area contributed by atoms with E-state index in [-0.39, 0.29) is 22.1 Å². The quantitative estimate of drug-likeness (QED) is 0.335. The number of phenolic OH excluding ortho intramolecular Hbond substituents is 1. The molecule has 0 radical (unpaired) electrons. The van der Waals surface area contributed by atoms with Crippen LogP contribution in [-0.2, 0) is 16.0 Å². The summed E-state index contributed by atoms with van der Waals surface area (Å²) in [6.45, 7) is 2.02. The van der Waals surface area contributed by atoms with E-state index in [2.05, 4.69) is 0 Å². The molecule has 2 N–H and O–H groups in total. The minimum atomic E-state index is -0.897. The molecule has 0 saturated carbocycles. The molecule has 3 aromatic carbocycles. The number of para-hydroxylation sites is 1. The summed E-state index contributed by atoms with van der Waals surface area (Å²) in [6.07, 6.45) is 0.839. The Balaban J connectivity index is 1.94. The molecule has 0 bridgehead atoms. The number of aliphatic hydroxyl groups is 1. The number of halogens is 1. The number of hydrogen-bond donors (Lipinski definition) is 2. The van der Waals surface area contributed by atoms with Crippen molar-refractivity contribution in [3.8, 4) is 5.75 Å². The first-order valence-electron chi connectivity index (χ1n) is 9.86. The molecule has 31 heavy (non-hydrogen) atoms. The topological polar surface area (TPSA) is 77.8 Å². The highest BCUT2D eigenvalue weighted by molar-refractivity contribution is 6.51. The number of aromatic hydroxyl groups is 1. The number of carbonyl (C=O) groups excluding carboxylic acids is 2. The Labute approximate surface area is 184 Å². The van der Waals surface area contributed by atoms with Gasteiger partial charge in [0, 0.05) is 11.3 Å². The van der Waals surface area contributed by atoms with E-state index < -0.39 is 17.7 Å². The van der Waals surface area contributed by atoms with Crippen LogP contribution in [0.5, 0.6) is 5.75 Å². The van der Waals surface area contributed by atoms with Crippen molar-refractivity contribution in [2.24, 2.45) is 0 Å². The summed E-state index contributed by atoms with van der Waals surface area (Å²) in [4.78, 5) is 27.5. The summed E-state index contributed by atoms with van der Waals surface area (Å²) >= 11 is 6.12. The lowest BCUT2D eigenvalue weighted by Crippen LogP contribution is -2.29. The van der Waals surface area contributed by atoms with E-state index in [0.29, 0.717) is 16.8 Å². The fraction of sp³-hybridized carbons (Fsp3) is 0.120. The van der Waals surface area contributed by atoms with Crippen molar-refractivity contribution in [2.75, 3.05) is 4.90 Å². The van der Waals surface area contributed by atoms with E-state index in [1.54, 1.807) is 42.5 Å². The summed E-state index contributed by atoms with van der Waals surface area (Å²) < 4.78 is 0. The molecule has 5 nitrogen and oxygen atoms in total. The van der Waals surface area contributed by atoms with Crippen LogP contribution in [-0.4, -0.2) is 21.9 Å². The van der Waals surface area contributed by atoms with Crippen LogP contribution in [0.1, 0.15) is 29.7 Å². The molecule has 0 aliphatic carbocycles. The number of aliphatic hydroxyl groups excluding tert-OH is 1. The van der Waals surface area contributed by atoms with Crippen molar-refractivity contribution < 1.29 is 19.8 Å². The minimum absolute atomic E-state index is 0.0279. The van der Waals surface area contributed by atoms with Crippen LogP contribution in [0.2, 0.25) is 5.02 Å². The van der Waals surface area contributed by atoms with Gasteiger partial charge in [0.2, 0.25) is 0 Å². The molecule has 0 aromatic heterocycles. The largest absolute Gasteiger partial charge is 0.507 e. The molecule has 1 unspecified atom stereocenters. The number of anilines is 1. The number of rotatable bonds is 4. The highest BCUT2D eigenvalue weighted by atomic mass is 35.5. The number of amides is 1. The summed E-state index contributed by atoms with van der Waals surface area (Å²) in [5.41, 5.74) is 2.51. The first kappa shape index (κ1) is 20.7. The van der Waals surface area contributed by atoms with E-state index in [0.717, 1.165) is 12.0 Å². The summed E-state index contributed by atoms with van der Waals surface area (Å²) in [7, 11) is 0.